The molecule has 0 bridgehead atoms. The minimum atomic E-state index is -0.866. The van der Waals surface area contributed by atoms with Crippen LogP contribution in [0.25, 0.3) is 6.08 Å². The summed E-state index contributed by atoms with van der Waals surface area (Å²) in [4.78, 5) is 44.0. The summed E-state index contributed by atoms with van der Waals surface area (Å²) in [6.07, 6.45) is 1.21. The molecule has 0 aliphatic carbocycles. The van der Waals surface area contributed by atoms with E-state index < -0.39 is 37.7 Å². The van der Waals surface area contributed by atoms with Crippen molar-refractivity contribution < 1.29 is 29.0 Å². The standard InChI is InChI=1S/C24H15BrClN5O9/c1-2-39-22-9-13(7-14(12-27)24(32)28-15-3-5-18(26)19(10-15)30(35)36)8-17(25)23(22)40-21-6-4-16(29(33)34)11-20(21)31(37)38/h3-11H,2H2,1H3,(H,28,32)/b14-7+. The largest absolute Gasteiger partial charge is 0.490 e. The Bertz CT molecular complexity index is 1620. The van der Waals surface area contributed by atoms with Crippen molar-refractivity contribution in [2.75, 3.05) is 11.9 Å². The average molecular weight is 633 g/mol. The lowest BCUT2D eigenvalue weighted by molar-refractivity contribution is -0.394. The van der Waals surface area contributed by atoms with Gasteiger partial charge in [0.2, 0.25) is 5.75 Å². The molecule has 0 fully saturated rings. The molecule has 0 radical (unpaired) electrons. The van der Waals surface area contributed by atoms with Gasteiger partial charge >= 0.3 is 5.69 Å². The molecule has 14 nitrogen and oxygen atoms in total. The van der Waals surface area contributed by atoms with Gasteiger partial charge in [-0.15, -0.1) is 0 Å². The molecule has 0 saturated carbocycles. The van der Waals surface area contributed by atoms with Crippen molar-refractivity contribution >= 4 is 62.3 Å². The third-order valence-electron chi connectivity index (χ3n) is 4.97. The monoisotopic (exact) mass is 631 g/mol. The lowest BCUT2D eigenvalue weighted by Gasteiger charge is -2.14. The second-order valence-electron chi connectivity index (χ2n) is 7.58. The molecule has 1 N–H and O–H groups in total. The quantitative estimate of drug-likeness (QED) is 0.110. The summed E-state index contributed by atoms with van der Waals surface area (Å²) < 4.78 is 11.5. The maximum absolute atomic E-state index is 12.7. The number of nitrogens with zero attached hydrogens (tertiary/aromatic N) is 4. The summed E-state index contributed by atoms with van der Waals surface area (Å²) in [5, 5.41) is 45.5. The van der Waals surface area contributed by atoms with E-state index in [1.54, 1.807) is 13.0 Å². The highest BCUT2D eigenvalue weighted by atomic mass is 79.9. The molecule has 0 saturated heterocycles. The van der Waals surface area contributed by atoms with E-state index in [9.17, 15) is 40.4 Å². The smallest absolute Gasteiger partial charge is 0.318 e. The zero-order valence-electron chi connectivity index (χ0n) is 20.1. The van der Waals surface area contributed by atoms with Crippen molar-refractivity contribution in [2.45, 2.75) is 6.92 Å². The van der Waals surface area contributed by atoms with Crippen LogP contribution in [0.1, 0.15) is 12.5 Å². The number of rotatable bonds is 10. The van der Waals surface area contributed by atoms with Crippen LogP contribution in [-0.4, -0.2) is 27.3 Å². The first-order valence-corrected chi connectivity index (χ1v) is 12.1. The van der Waals surface area contributed by atoms with Gasteiger partial charge in [-0.3, -0.25) is 35.1 Å². The van der Waals surface area contributed by atoms with Crippen LogP contribution in [-0.2, 0) is 4.79 Å². The molecular formula is C24H15BrClN5O9. The molecule has 0 unspecified atom stereocenters. The van der Waals surface area contributed by atoms with E-state index in [1.807, 2.05) is 0 Å². The summed E-state index contributed by atoms with van der Waals surface area (Å²) in [6.45, 7) is 1.80. The second-order valence-corrected chi connectivity index (χ2v) is 8.84. The van der Waals surface area contributed by atoms with Crippen LogP contribution in [0.2, 0.25) is 5.02 Å². The lowest BCUT2D eigenvalue weighted by atomic mass is 10.1. The maximum atomic E-state index is 12.7. The third kappa shape index (κ3) is 6.87. The molecule has 0 aromatic heterocycles. The van der Waals surface area contributed by atoms with E-state index in [2.05, 4.69) is 21.2 Å². The Balaban J connectivity index is 1.97. The second kappa shape index (κ2) is 12.7. The molecular weight excluding hydrogens is 618 g/mol. The molecule has 3 aromatic carbocycles. The molecule has 40 heavy (non-hydrogen) atoms. The van der Waals surface area contributed by atoms with Crippen molar-refractivity contribution in [3.63, 3.8) is 0 Å². The van der Waals surface area contributed by atoms with E-state index in [1.165, 1.54) is 30.3 Å². The molecule has 0 aliphatic heterocycles. The predicted molar refractivity (Wildman–Crippen MR) is 145 cm³/mol. The van der Waals surface area contributed by atoms with Crippen LogP contribution in [0.3, 0.4) is 0 Å². The van der Waals surface area contributed by atoms with Crippen molar-refractivity contribution in [3.8, 4) is 23.3 Å². The Kier molecular flexibility index (Phi) is 9.33. The van der Waals surface area contributed by atoms with E-state index in [0.717, 1.165) is 24.3 Å². The van der Waals surface area contributed by atoms with Gasteiger partial charge < -0.3 is 14.8 Å². The van der Waals surface area contributed by atoms with Crippen molar-refractivity contribution in [2.24, 2.45) is 0 Å². The van der Waals surface area contributed by atoms with Gasteiger partial charge in [-0.05, 0) is 64.8 Å². The Hall–Kier alpha value is -5.07. The third-order valence-corrected chi connectivity index (χ3v) is 5.88. The molecule has 0 spiro atoms. The number of nitrogens with one attached hydrogen (secondary N) is 1. The zero-order valence-corrected chi connectivity index (χ0v) is 22.5. The lowest BCUT2D eigenvalue weighted by Crippen LogP contribution is -2.13. The van der Waals surface area contributed by atoms with Gasteiger partial charge in [0, 0.05) is 17.8 Å². The molecule has 16 heteroatoms. The van der Waals surface area contributed by atoms with E-state index in [-0.39, 0.29) is 50.2 Å². The van der Waals surface area contributed by atoms with Crippen molar-refractivity contribution in [3.05, 3.63) is 99.5 Å². The molecule has 3 rings (SSSR count). The molecule has 0 heterocycles. The number of anilines is 1. The fourth-order valence-electron chi connectivity index (χ4n) is 3.24. The van der Waals surface area contributed by atoms with Gasteiger partial charge in [-0.2, -0.15) is 5.26 Å². The Morgan fingerprint density at radius 2 is 1.73 bits per heavy atom. The SMILES string of the molecule is CCOc1cc(/C=C(\C#N)C(=O)Nc2ccc(Cl)c([N+](=O)[O-])c2)cc(Br)c1Oc1ccc([N+](=O)[O-])cc1[N+](=O)[O-]. The van der Waals surface area contributed by atoms with Crippen LogP contribution in [0.5, 0.6) is 17.2 Å². The van der Waals surface area contributed by atoms with Gasteiger partial charge in [0.15, 0.2) is 11.5 Å². The number of carbonyl (C=O) groups is 1. The number of halogens is 2. The Morgan fingerprint density at radius 3 is 2.33 bits per heavy atom. The van der Waals surface area contributed by atoms with E-state index >= 15 is 0 Å². The highest BCUT2D eigenvalue weighted by Crippen LogP contribution is 2.43. The Labute approximate surface area is 238 Å². The number of ether oxygens (including phenoxy) is 2. The van der Waals surface area contributed by atoms with Gasteiger partial charge in [0.1, 0.15) is 16.7 Å². The molecule has 0 aliphatic rings. The van der Waals surface area contributed by atoms with Crippen LogP contribution in [0.4, 0.5) is 22.7 Å². The van der Waals surface area contributed by atoms with Gasteiger partial charge in [-0.25, -0.2) is 0 Å². The first-order chi connectivity index (χ1) is 18.9. The summed E-state index contributed by atoms with van der Waals surface area (Å²) >= 11 is 9.07. The summed E-state index contributed by atoms with van der Waals surface area (Å²) in [5.74, 6) is -1.10. The molecule has 204 valence electrons. The fourth-order valence-corrected chi connectivity index (χ4v) is 3.96. The van der Waals surface area contributed by atoms with E-state index in [4.69, 9.17) is 21.1 Å². The van der Waals surface area contributed by atoms with E-state index in [0.29, 0.717) is 0 Å². The normalized spacial score (nSPS) is 10.8. The fraction of sp³-hybridized carbons (Fsp3) is 0.0833. The Morgan fingerprint density at radius 1 is 1.02 bits per heavy atom. The number of nitro groups is 3. The highest BCUT2D eigenvalue weighted by molar-refractivity contribution is 9.10. The average Bonchev–Trinajstić information content (AvgIpc) is 2.90. The molecule has 3 aromatic rings. The minimum Gasteiger partial charge on any atom is -0.490 e. The van der Waals surface area contributed by atoms with Crippen LogP contribution in [0.15, 0.2) is 58.6 Å². The first kappa shape index (κ1) is 29.5. The summed E-state index contributed by atoms with van der Waals surface area (Å²) in [5.41, 5.74) is -1.64. The number of hydrogen-bond donors (Lipinski definition) is 1. The van der Waals surface area contributed by atoms with Crippen LogP contribution >= 0.6 is 27.5 Å². The number of hydrogen-bond acceptors (Lipinski definition) is 10. The number of amides is 1. The maximum Gasteiger partial charge on any atom is 0.318 e. The van der Waals surface area contributed by atoms with Crippen LogP contribution in [0, 0.1) is 41.7 Å². The topological polar surface area (TPSA) is 201 Å². The van der Waals surface area contributed by atoms with Crippen molar-refractivity contribution in [1.82, 2.24) is 0 Å². The number of carbonyl (C=O) groups excluding carboxylic acids is 1. The van der Waals surface area contributed by atoms with Gasteiger partial charge in [0.05, 0.1) is 31.9 Å². The summed E-state index contributed by atoms with van der Waals surface area (Å²) in [6, 6.07) is 11.1. The highest BCUT2D eigenvalue weighted by Gasteiger charge is 2.24. The summed E-state index contributed by atoms with van der Waals surface area (Å²) in [7, 11) is 0. The number of benzene rings is 3. The predicted octanol–water partition coefficient (Wildman–Crippen LogP) is 6.56. The first-order valence-electron chi connectivity index (χ1n) is 10.9. The number of nitro benzene ring substituents is 3. The van der Waals surface area contributed by atoms with Gasteiger partial charge in [-0.1, -0.05) is 11.6 Å². The van der Waals surface area contributed by atoms with Gasteiger partial charge in [0.25, 0.3) is 17.3 Å². The van der Waals surface area contributed by atoms with Crippen molar-refractivity contribution in [1.29, 1.82) is 5.26 Å². The van der Waals surface area contributed by atoms with Crippen LogP contribution < -0.4 is 14.8 Å². The minimum absolute atomic E-state index is 0.00705. The molecule has 1 amide bonds. The zero-order chi connectivity index (χ0) is 29.6. The number of nitriles is 1. The molecule has 0 atom stereocenters. The number of non-ortho nitro benzene ring substituents is 1.